The van der Waals surface area contributed by atoms with Crippen LogP contribution < -0.4 is 4.74 Å². The van der Waals surface area contributed by atoms with Crippen molar-refractivity contribution >= 4 is 11.7 Å². The summed E-state index contributed by atoms with van der Waals surface area (Å²) in [6, 6.07) is 5.76. The largest absolute Gasteiger partial charge is 0.493 e. The molecule has 2 N–H and O–H groups in total. The summed E-state index contributed by atoms with van der Waals surface area (Å²) in [6.07, 6.45) is 18.1. The maximum atomic E-state index is 11.6. The minimum Gasteiger partial charge on any atom is -0.493 e. The maximum Gasteiger partial charge on any atom is 0.306 e. The number of aliphatic hydroxyl groups excluding tert-OH is 1. The summed E-state index contributed by atoms with van der Waals surface area (Å²) in [5.41, 5.74) is -0.00909. The van der Waals surface area contributed by atoms with Gasteiger partial charge in [0.2, 0.25) is 0 Å². The number of carbonyl (C=O) groups is 1. The topological polar surface area (TPSA) is 110 Å². The van der Waals surface area contributed by atoms with Crippen molar-refractivity contribution in [2.24, 2.45) is 5.92 Å². The Hall–Kier alpha value is -2.15. The van der Waals surface area contributed by atoms with Crippen molar-refractivity contribution in [3.8, 4) is 5.75 Å². The van der Waals surface area contributed by atoms with E-state index in [1.165, 1.54) is 94.9 Å². The molecule has 0 aliphatic carbocycles. The van der Waals surface area contributed by atoms with E-state index in [2.05, 4.69) is 6.92 Å². The Kier molecular flexibility index (Phi) is 17.7. The lowest BCUT2D eigenvalue weighted by Crippen LogP contribution is -2.22. The first-order chi connectivity index (χ1) is 16.9. The molecule has 0 fully saturated rings. The van der Waals surface area contributed by atoms with Crippen molar-refractivity contribution in [1.82, 2.24) is 0 Å². The third kappa shape index (κ3) is 16.2. The fourth-order valence-corrected chi connectivity index (χ4v) is 4.35. The smallest absolute Gasteiger partial charge is 0.306 e. The molecule has 35 heavy (non-hydrogen) atoms. The van der Waals surface area contributed by atoms with Gasteiger partial charge in [0, 0.05) is 18.6 Å². The zero-order valence-electron chi connectivity index (χ0n) is 21.7. The van der Waals surface area contributed by atoms with E-state index in [4.69, 9.17) is 4.74 Å². The third-order valence-corrected chi connectivity index (χ3v) is 6.58. The summed E-state index contributed by atoms with van der Waals surface area (Å²) >= 11 is 0. The number of nitro benzene ring substituents is 1. The molecule has 0 spiro atoms. The highest BCUT2D eigenvalue weighted by molar-refractivity contribution is 5.69. The molecule has 2 atom stereocenters. The highest BCUT2D eigenvalue weighted by Crippen LogP contribution is 2.21. The lowest BCUT2D eigenvalue weighted by Gasteiger charge is -2.17. The minimum atomic E-state index is -0.852. The van der Waals surface area contributed by atoms with Gasteiger partial charge in [0.1, 0.15) is 5.75 Å². The Morgan fingerprint density at radius 3 is 1.80 bits per heavy atom. The fourth-order valence-electron chi connectivity index (χ4n) is 4.35. The monoisotopic (exact) mass is 493 g/mol. The highest BCUT2D eigenvalue weighted by Gasteiger charge is 2.21. The molecule has 1 aromatic carbocycles. The first-order valence-electron chi connectivity index (χ1n) is 13.7. The molecule has 1 rings (SSSR count). The average Bonchev–Trinajstić information content (AvgIpc) is 2.83. The maximum absolute atomic E-state index is 11.6. The van der Waals surface area contributed by atoms with Gasteiger partial charge in [-0.1, -0.05) is 96.8 Å². The van der Waals surface area contributed by atoms with Crippen molar-refractivity contribution < 1.29 is 24.7 Å². The molecule has 200 valence electrons. The molecule has 0 aliphatic heterocycles. The molecule has 0 saturated carbocycles. The van der Waals surface area contributed by atoms with Gasteiger partial charge in [-0.25, -0.2) is 0 Å². The number of nitro groups is 1. The van der Waals surface area contributed by atoms with Gasteiger partial charge >= 0.3 is 5.97 Å². The Morgan fingerprint density at radius 1 is 0.857 bits per heavy atom. The molecule has 0 radical (unpaired) electrons. The number of benzene rings is 1. The summed E-state index contributed by atoms with van der Waals surface area (Å²) in [7, 11) is 0. The predicted octanol–water partition coefficient (Wildman–Crippen LogP) is 7.69. The molecule has 0 saturated heterocycles. The van der Waals surface area contributed by atoms with Crippen LogP contribution >= 0.6 is 0 Å². The van der Waals surface area contributed by atoms with Crippen LogP contribution in [0.15, 0.2) is 24.3 Å². The van der Waals surface area contributed by atoms with Gasteiger partial charge in [0.15, 0.2) is 0 Å². The molecule has 0 aromatic heterocycles. The molecular weight excluding hydrogens is 446 g/mol. The summed E-state index contributed by atoms with van der Waals surface area (Å²) in [5.74, 6) is -0.906. The Balaban J connectivity index is 2.05. The summed E-state index contributed by atoms with van der Waals surface area (Å²) in [6.45, 7) is 2.48. The number of aliphatic carboxylic acids is 1. The summed E-state index contributed by atoms with van der Waals surface area (Å²) in [4.78, 5) is 21.8. The van der Waals surface area contributed by atoms with Crippen molar-refractivity contribution in [1.29, 1.82) is 0 Å². The standard InChI is InChI=1S/C28H47NO6/c1-2-3-4-5-6-7-8-9-10-11-12-13-14-15-16-24(28(31)32)23-26(30)21-22-35-27-19-17-25(18-20-27)29(33)34/h17-20,24,26,30H,2-16,21-23H2,1H3,(H,31,32). The first-order valence-corrected chi connectivity index (χ1v) is 13.7. The number of carboxylic acid groups (broad SMARTS) is 1. The van der Waals surface area contributed by atoms with E-state index < -0.39 is 22.9 Å². The van der Waals surface area contributed by atoms with Gasteiger partial charge in [-0.2, -0.15) is 0 Å². The quantitative estimate of drug-likeness (QED) is 0.0918. The lowest BCUT2D eigenvalue weighted by molar-refractivity contribution is -0.384. The van der Waals surface area contributed by atoms with Crippen LogP contribution in [0.25, 0.3) is 0 Å². The summed E-state index contributed by atoms with van der Waals surface area (Å²) in [5, 5.41) is 30.4. The summed E-state index contributed by atoms with van der Waals surface area (Å²) < 4.78 is 5.51. The van der Waals surface area contributed by atoms with Gasteiger partial charge in [0.05, 0.1) is 23.6 Å². The molecule has 2 unspecified atom stereocenters. The second kappa shape index (κ2) is 20.1. The molecule has 1 aromatic rings. The van der Waals surface area contributed by atoms with Crippen LogP contribution in [0.3, 0.4) is 0 Å². The van der Waals surface area contributed by atoms with Gasteiger partial charge in [0.25, 0.3) is 5.69 Å². The normalized spacial score (nSPS) is 12.9. The van der Waals surface area contributed by atoms with Crippen molar-refractivity contribution in [2.45, 2.75) is 122 Å². The van der Waals surface area contributed by atoms with Crippen molar-refractivity contribution in [3.05, 3.63) is 34.4 Å². The minimum absolute atomic E-state index is 0.00909. The molecule has 7 heteroatoms. The van der Waals surface area contributed by atoms with Crippen LogP contribution in [-0.2, 0) is 4.79 Å². The highest BCUT2D eigenvalue weighted by atomic mass is 16.6. The van der Waals surface area contributed by atoms with E-state index >= 15 is 0 Å². The van der Waals surface area contributed by atoms with Gasteiger partial charge in [-0.05, 0) is 25.0 Å². The molecule has 0 bridgehead atoms. The zero-order chi connectivity index (χ0) is 25.7. The number of ether oxygens (including phenoxy) is 1. The predicted molar refractivity (Wildman–Crippen MR) is 140 cm³/mol. The molecule has 0 heterocycles. The fraction of sp³-hybridized carbons (Fsp3) is 0.750. The van der Waals surface area contributed by atoms with E-state index in [0.29, 0.717) is 18.6 Å². The van der Waals surface area contributed by atoms with Gasteiger partial charge < -0.3 is 14.9 Å². The van der Waals surface area contributed by atoms with E-state index in [-0.39, 0.29) is 18.7 Å². The van der Waals surface area contributed by atoms with Crippen molar-refractivity contribution in [2.75, 3.05) is 6.61 Å². The van der Waals surface area contributed by atoms with Gasteiger partial charge in [-0.15, -0.1) is 0 Å². The molecule has 7 nitrogen and oxygen atoms in total. The number of rotatable bonds is 23. The first kappa shape index (κ1) is 30.9. The van der Waals surface area contributed by atoms with Crippen molar-refractivity contribution in [3.63, 3.8) is 0 Å². The number of hydrogen-bond donors (Lipinski definition) is 2. The number of unbranched alkanes of at least 4 members (excludes halogenated alkanes) is 13. The lowest BCUT2D eigenvalue weighted by atomic mass is 9.93. The molecule has 0 amide bonds. The zero-order valence-corrected chi connectivity index (χ0v) is 21.7. The van der Waals surface area contributed by atoms with Crippen LogP contribution in [0.4, 0.5) is 5.69 Å². The van der Waals surface area contributed by atoms with Gasteiger partial charge in [-0.3, -0.25) is 14.9 Å². The molecule has 0 aliphatic rings. The average molecular weight is 494 g/mol. The van der Waals surface area contributed by atoms with Crippen LogP contribution in [0.2, 0.25) is 0 Å². The van der Waals surface area contributed by atoms with Crippen LogP contribution in [-0.4, -0.2) is 33.8 Å². The molecular formula is C28H47NO6. The van der Waals surface area contributed by atoms with E-state index in [9.17, 15) is 25.1 Å². The third-order valence-electron chi connectivity index (χ3n) is 6.58. The second-order valence-electron chi connectivity index (χ2n) is 9.70. The van der Waals surface area contributed by atoms with E-state index in [1.807, 2.05) is 0 Å². The Labute approximate surface area is 211 Å². The van der Waals surface area contributed by atoms with Crippen LogP contribution in [0, 0.1) is 16.0 Å². The number of nitrogens with zero attached hydrogens (tertiary/aromatic N) is 1. The number of aliphatic hydroxyl groups is 1. The number of carboxylic acids is 1. The SMILES string of the molecule is CCCCCCCCCCCCCCCCC(CC(O)CCOc1ccc([N+](=O)[O-])cc1)C(=O)O. The van der Waals surface area contributed by atoms with Crippen LogP contribution in [0.1, 0.15) is 116 Å². The van der Waals surface area contributed by atoms with E-state index in [1.54, 1.807) is 0 Å². The Bertz CT molecular complexity index is 679. The Morgan fingerprint density at radius 2 is 1.34 bits per heavy atom. The number of non-ortho nitro benzene ring substituents is 1. The van der Waals surface area contributed by atoms with Crippen LogP contribution in [0.5, 0.6) is 5.75 Å². The van der Waals surface area contributed by atoms with E-state index in [0.717, 1.165) is 19.3 Å². The second-order valence-corrected chi connectivity index (χ2v) is 9.70. The number of hydrogen-bond acceptors (Lipinski definition) is 5.